The molecule has 0 spiro atoms. The van der Waals surface area contributed by atoms with Gasteiger partial charge in [-0.2, -0.15) is 0 Å². The fraction of sp³-hybridized carbons (Fsp3) is 0.967. The zero-order chi connectivity index (χ0) is 23.5. The minimum Gasteiger partial charge on any atom is -0.463 e. The first kappa shape index (κ1) is 24.1. The average molecular weight is 459 g/mol. The Labute approximate surface area is 203 Å². The van der Waals surface area contributed by atoms with E-state index in [1.165, 1.54) is 57.8 Å². The minimum atomic E-state index is -0.0974. The van der Waals surface area contributed by atoms with E-state index >= 15 is 0 Å². The second-order valence-corrected chi connectivity index (χ2v) is 13.6. The molecule has 188 valence electrons. The normalized spacial score (nSPS) is 51.8. The van der Waals surface area contributed by atoms with E-state index in [2.05, 4.69) is 34.6 Å². The fourth-order valence-electron chi connectivity index (χ4n) is 10.2. The molecule has 33 heavy (non-hydrogen) atoms. The molecule has 5 aliphatic rings. The molecule has 12 unspecified atom stereocenters. The van der Waals surface area contributed by atoms with Crippen LogP contribution in [0, 0.1) is 52.3 Å². The highest BCUT2D eigenvalue weighted by molar-refractivity contribution is 5.66. The van der Waals surface area contributed by atoms with Gasteiger partial charge in [0.15, 0.2) is 0 Å². The summed E-state index contributed by atoms with van der Waals surface area (Å²) >= 11 is 0. The van der Waals surface area contributed by atoms with Crippen LogP contribution < -0.4 is 0 Å². The summed E-state index contributed by atoms with van der Waals surface area (Å²) in [4.78, 5) is 11.5. The third kappa shape index (κ3) is 3.91. The first-order valence-corrected chi connectivity index (χ1v) is 14.5. The number of fused-ring (bicyclic) bond motifs is 7. The van der Waals surface area contributed by atoms with Crippen molar-refractivity contribution in [2.75, 3.05) is 0 Å². The Hall–Kier alpha value is -0.570. The highest BCUT2D eigenvalue weighted by Gasteiger charge is 2.65. The maximum Gasteiger partial charge on any atom is 0.302 e. The standard InChI is InChI=1S/C30H50O3/c1-7-18(2)8-11-26-19(3)28-27(33-26)17-25-23-10-9-21-16-22(32-20(4)31)12-14-29(21,5)24(23)13-15-30(25,28)6/h18-19,21-28H,7-17H2,1-6H3. The van der Waals surface area contributed by atoms with Crippen molar-refractivity contribution in [3.05, 3.63) is 0 Å². The van der Waals surface area contributed by atoms with Crippen LogP contribution in [0.2, 0.25) is 0 Å². The van der Waals surface area contributed by atoms with Gasteiger partial charge in [-0.15, -0.1) is 0 Å². The molecule has 0 amide bonds. The molecular weight excluding hydrogens is 408 g/mol. The SMILES string of the molecule is CCC(C)CCC1OC2CC3C4CCC5CC(OC(C)=O)CCC5(C)C4CCC3(C)C2C1C. The third-order valence-electron chi connectivity index (χ3n) is 12.2. The summed E-state index contributed by atoms with van der Waals surface area (Å²) in [6.07, 6.45) is 15.3. The van der Waals surface area contributed by atoms with Crippen LogP contribution in [-0.2, 0) is 14.3 Å². The van der Waals surface area contributed by atoms with E-state index in [1.54, 1.807) is 6.92 Å². The van der Waals surface area contributed by atoms with Crippen LogP contribution in [0.4, 0.5) is 0 Å². The number of ether oxygens (including phenoxy) is 2. The van der Waals surface area contributed by atoms with Gasteiger partial charge in [-0.05, 0) is 116 Å². The zero-order valence-corrected chi connectivity index (χ0v) is 22.3. The van der Waals surface area contributed by atoms with Crippen molar-refractivity contribution in [2.24, 2.45) is 52.3 Å². The summed E-state index contributed by atoms with van der Waals surface area (Å²) in [5.41, 5.74) is 0.929. The monoisotopic (exact) mass is 458 g/mol. The lowest BCUT2D eigenvalue weighted by Gasteiger charge is -2.61. The molecule has 1 heterocycles. The van der Waals surface area contributed by atoms with Gasteiger partial charge >= 0.3 is 5.97 Å². The first-order chi connectivity index (χ1) is 15.7. The lowest BCUT2D eigenvalue weighted by molar-refractivity contribution is -0.160. The van der Waals surface area contributed by atoms with E-state index in [9.17, 15) is 4.79 Å². The Balaban J connectivity index is 1.29. The molecule has 0 aromatic rings. The van der Waals surface area contributed by atoms with Gasteiger partial charge in [0.2, 0.25) is 0 Å². The summed E-state index contributed by atoms with van der Waals surface area (Å²) in [7, 11) is 0. The second-order valence-electron chi connectivity index (χ2n) is 13.6. The third-order valence-corrected chi connectivity index (χ3v) is 12.2. The van der Waals surface area contributed by atoms with Crippen LogP contribution in [0.5, 0.6) is 0 Å². The van der Waals surface area contributed by atoms with Gasteiger partial charge in [-0.25, -0.2) is 0 Å². The quantitative estimate of drug-likeness (QED) is 0.402. The van der Waals surface area contributed by atoms with Crippen molar-refractivity contribution >= 4 is 5.97 Å². The van der Waals surface area contributed by atoms with Crippen LogP contribution in [0.3, 0.4) is 0 Å². The van der Waals surface area contributed by atoms with Crippen LogP contribution >= 0.6 is 0 Å². The van der Waals surface area contributed by atoms with Crippen molar-refractivity contribution in [1.29, 1.82) is 0 Å². The molecule has 0 bridgehead atoms. The molecule has 0 aromatic heterocycles. The van der Waals surface area contributed by atoms with Gasteiger partial charge in [0.1, 0.15) is 6.10 Å². The van der Waals surface area contributed by atoms with Crippen LogP contribution in [-0.4, -0.2) is 24.3 Å². The Kier molecular flexibility index (Phi) is 6.45. The van der Waals surface area contributed by atoms with E-state index in [0.717, 1.165) is 54.3 Å². The number of hydrogen-bond donors (Lipinski definition) is 0. The summed E-state index contributed by atoms with van der Waals surface area (Å²) in [5.74, 6) is 5.56. The van der Waals surface area contributed by atoms with Crippen molar-refractivity contribution in [3.63, 3.8) is 0 Å². The molecule has 3 nitrogen and oxygen atoms in total. The van der Waals surface area contributed by atoms with Gasteiger partial charge in [0, 0.05) is 6.92 Å². The molecule has 4 saturated carbocycles. The Bertz CT molecular complexity index is 734. The molecule has 1 aliphatic heterocycles. The highest BCUT2D eigenvalue weighted by Crippen LogP contribution is 2.70. The van der Waals surface area contributed by atoms with Crippen LogP contribution in [0.25, 0.3) is 0 Å². The van der Waals surface area contributed by atoms with E-state index < -0.39 is 0 Å². The predicted molar refractivity (Wildman–Crippen MR) is 133 cm³/mol. The molecule has 5 fully saturated rings. The predicted octanol–water partition coefficient (Wildman–Crippen LogP) is 7.42. The molecule has 1 saturated heterocycles. The second kappa shape index (κ2) is 8.82. The maximum atomic E-state index is 11.5. The topological polar surface area (TPSA) is 35.5 Å². The van der Waals surface area contributed by atoms with Gasteiger partial charge in [-0.1, -0.05) is 41.0 Å². The fourth-order valence-corrected chi connectivity index (χ4v) is 10.2. The van der Waals surface area contributed by atoms with Crippen molar-refractivity contribution in [3.8, 4) is 0 Å². The molecular formula is C30H50O3. The molecule has 4 aliphatic carbocycles. The summed E-state index contributed by atoms with van der Waals surface area (Å²) in [6.45, 7) is 14.1. The number of carbonyl (C=O) groups is 1. The van der Waals surface area contributed by atoms with E-state index in [0.29, 0.717) is 23.0 Å². The van der Waals surface area contributed by atoms with Gasteiger partial charge < -0.3 is 9.47 Å². The first-order valence-electron chi connectivity index (χ1n) is 14.5. The largest absolute Gasteiger partial charge is 0.463 e. The molecule has 12 atom stereocenters. The van der Waals surface area contributed by atoms with E-state index in [4.69, 9.17) is 9.47 Å². The van der Waals surface area contributed by atoms with Gasteiger partial charge in [0.05, 0.1) is 12.2 Å². The Morgan fingerprint density at radius 2 is 1.82 bits per heavy atom. The molecule has 5 rings (SSSR count). The smallest absolute Gasteiger partial charge is 0.302 e. The van der Waals surface area contributed by atoms with E-state index in [1.807, 2.05) is 0 Å². The number of carbonyl (C=O) groups excluding carboxylic acids is 1. The maximum absolute atomic E-state index is 11.5. The van der Waals surface area contributed by atoms with Crippen molar-refractivity contribution in [1.82, 2.24) is 0 Å². The molecule has 0 radical (unpaired) electrons. The minimum absolute atomic E-state index is 0.0974. The van der Waals surface area contributed by atoms with Gasteiger partial charge in [-0.3, -0.25) is 4.79 Å². The number of hydrogen-bond acceptors (Lipinski definition) is 3. The summed E-state index contributed by atoms with van der Waals surface area (Å²) in [6, 6.07) is 0. The molecule has 3 heteroatoms. The summed E-state index contributed by atoms with van der Waals surface area (Å²) < 4.78 is 12.5. The number of esters is 1. The Morgan fingerprint density at radius 1 is 1.06 bits per heavy atom. The van der Waals surface area contributed by atoms with Crippen molar-refractivity contribution in [2.45, 2.75) is 130 Å². The number of rotatable bonds is 5. The Morgan fingerprint density at radius 3 is 2.55 bits per heavy atom. The van der Waals surface area contributed by atoms with E-state index in [-0.39, 0.29) is 12.1 Å². The molecule has 0 N–H and O–H groups in total. The lowest BCUT2D eigenvalue weighted by atomic mass is 9.44. The summed E-state index contributed by atoms with van der Waals surface area (Å²) in [5, 5.41) is 0. The highest BCUT2D eigenvalue weighted by atomic mass is 16.5. The van der Waals surface area contributed by atoms with Crippen molar-refractivity contribution < 1.29 is 14.3 Å². The zero-order valence-electron chi connectivity index (χ0n) is 22.3. The average Bonchev–Trinajstić information content (AvgIpc) is 3.25. The lowest BCUT2D eigenvalue weighted by Crippen LogP contribution is -2.54. The van der Waals surface area contributed by atoms with Gasteiger partial charge in [0.25, 0.3) is 0 Å². The molecule has 0 aromatic carbocycles. The van der Waals surface area contributed by atoms with Crippen LogP contribution in [0.15, 0.2) is 0 Å². The van der Waals surface area contributed by atoms with Crippen LogP contribution in [0.1, 0.15) is 112 Å².